The number of nitrogens with zero attached hydrogens (tertiary/aromatic N) is 2. The first-order chi connectivity index (χ1) is 8.94. The van der Waals surface area contributed by atoms with Gasteiger partial charge in [-0.15, -0.1) is 0 Å². The van der Waals surface area contributed by atoms with E-state index in [1.807, 2.05) is 6.08 Å². The summed E-state index contributed by atoms with van der Waals surface area (Å²) in [4.78, 5) is 39.2. The minimum absolute atomic E-state index is 0.290. The van der Waals surface area contributed by atoms with E-state index >= 15 is 0 Å². The van der Waals surface area contributed by atoms with Gasteiger partial charge in [0.2, 0.25) is 0 Å². The number of amides is 4. The van der Waals surface area contributed by atoms with Gasteiger partial charge in [-0.05, 0) is 0 Å². The summed E-state index contributed by atoms with van der Waals surface area (Å²) in [6, 6.07) is -0.522. The molecular formula is C13H17GeN2O3. The van der Waals surface area contributed by atoms with Crippen LogP contribution in [-0.4, -0.2) is 56.6 Å². The van der Waals surface area contributed by atoms with E-state index in [1.54, 1.807) is 23.4 Å². The van der Waals surface area contributed by atoms with Gasteiger partial charge in [0, 0.05) is 0 Å². The zero-order valence-corrected chi connectivity index (χ0v) is 13.3. The van der Waals surface area contributed by atoms with E-state index in [9.17, 15) is 14.4 Å². The van der Waals surface area contributed by atoms with Crippen molar-refractivity contribution >= 4 is 34.4 Å². The molecule has 0 aromatic rings. The predicted octanol–water partition coefficient (Wildman–Crippen LogP) is 1.04. The number of rotatable bonds is 2. The molecule has 6 heteroatoms. The van der Waals surface area contributed by atoms with Gasteiger partial charge in [0.1, 0.15) is 0 Å². The molecule has 0 aromatic heterocycles. The third kappa shape index (κ3) is 2.04. The van der Waals surface area contributed by atoms with Crippen LogP contribution < -0.4 is 0 Å². The average molecular weight is 322 g/mol. The summed E-state index contributed by atoms with van der Waals surface area (Å²) in [6.45, 7) is 1.65. The number of imide groups is 2. The van der Waals surface area contributed by atoms with Crippen molar-refractivity contribution in [1.29, 1.82) is 0 Å². The number of barbiturate groups is 1. The monoisotopic (exact) mass is 323 g/mol. The Morgan fingerprint density at radius 2 is 1.95 bits per heavy atom. The van der Waals surface area contributed by atoms with E-state index in [1.165, 1.54) is 7.05 Å². The Morgan fingerprint density at radius 3 is 2.47 bits per heavy atom. The molecule has 1 heterocycles. The number of hydrogen-bond acceptors (Lipinski definition) is 3. The molecule has 0 aromatic carbocycles. The van der Waals surface area contributed by atoms with Gasteiger partial charge in [-0.2, -0.15) is 0 Å². The summed E-state index contributed by atoms with van der Waals surface area (Å²) < 4.78 is 0. The van der Waals surface area contributed by atoms with Crippen molar-refractivity contribution in [3.63, 3.8) is 0 Å². The molecule has 1 saturated heterocycles. The molecule has 4 amide bonds. The van der Waals surface area contributed by atoms with Crippen molar-refractivity contribution < 1.29 is 14.4 Å². The molecule has 101 valence electrons. The van der Waals surface area contributed by atoms with Crippen LogP contribution in [-0.2, 0) is 9.59 Å². The van der Waals surface area contributed by atoms with E-state index in [2.05, 4.69) is 0 Å². The molecule has 0 bridgehead atoms. The summed E-state index contributed by atoms with van der Waals surface area (Å²) in [5, 5.41) is 0.290. The number of urea groups is 1. The van der Waals surface area contributed by atoms with Crippen molar-refractivity contribution in [2.45, 2.75) is 32.6 Å². The molecule has 1 aliphatic heterocycles. The summed E-state index contributed by atoms with van der Waals surface area (Å²) in [5.41, 5.74) is -0.328. The maximum atomic E-state index is 12.6. The molecule has 0 saturated carbocycles. The van der Waals surface area contributed by atoms with Crippen molar-refractivity contribution in [3.8, 4) is 0 Å². The zero-order valence-electron chi connectivity index (χ0n) is 11.2. The maximum absolute atomic E-state index is 12.6. The molecule has 1 atom stereocenters. The van der Waals surface area contributed by atoms with E-state index in [0.717, 1.165) is 41.1 Å². The number of hydrogen-bond donors (Lipinski definition) is 0. The molecule has 2 aliphatic rings. The second kappa shape index (κ2) is 5.11. The van der Waals surface area contributed by atoms with Gasteiger partial charge in [-0.25, -0.2) is 0 Å². The molecule has 2 rings (SSSR count). The van der Waals surface area contributed by atoms with Crippen molar-refractivity contribution in [3.05, 3.63) is 11.6 Å². The van der Waals surface area contributed by atoms with Gasteiger partial charge in [-0.1, -0.05) is 0 Å². The normalized spacial score (nSPS) is 28.8. The fourth-order valence-corrected chi connectivity index (χ4v) is 3.34. The van der Waals surface area contributed by atoms with Crippen LogP contribution in [0.25, 0.3) is 0 Å². The third-order valence-corrected chi connectivity index (χ3v) is 4.68. The standard InChI is InChI=1S/C13H17GeN2O3/c1-13(9-6-4-3-5-7-9)10(17)15(2)12(19)16(8-14)11(13)18/h6H,3-5,7-8H2,1-2H3. The molecule has 0 spiro atoms. The Kier molecular flexibility index (Phi) is 3.85. The quantitative estimate of drug-likeness (QED) is 0.434. The van der Waals surface area contributed by atoms with Gasteiger partial charge in [-0.3, -0.25) is 0 Å². The molecule has 1 aliphatic carbocycles. The van der Waals surface area contributed by atoms with Gasteiger partial charge in [0.15, 0.2) is 0 Å². The van der Waals surface area contributed by atoms with Gasteiger partial charge in [0.25, 0.3) is 0 Å². The summed E-state index contributed by atoms with van der Waals surface area (Å²) >= 11 is 1.75. The Morgan fingerprint density at radius 1 is 1.26 bits per heavy atom. The first-order valence-corrected chi connectivity index (χ1v) is 7.91. The third-order valence-electron chi connectivity index (χ3n) is 4.01. The van der Waals surface area contributed by atoms with Crippen LogP contribution in [0, 0.1) is 5.41 Å². The Labute approximate surface area is 121 Å². The fourth-order valence-electron chi connectivity index (χ4n) is 2.76. The van der Waals surface area contributed by atoms with Gasteiger partial charge < -0.3 is 0 Å². The van der Waals surface area contributed by atoms with Crippen LogP contribution in [0.2, 0.25) is 0 Å². The molecule has 5 nitrogen and oxygen atoms in total. The number of allylic oxidation sites excluding steroid dienone is 1. The van der Waals surface area contributed by atoms with E-state index in [0.29, 0.717) is 0 Å². The molecule has 0 N–H and O–H groups in total. The van der Waals surface area contributed by atoms with Gasteiger partial charge >= 0.3 is 121 Å². The topological polar surface area (TPSA) is 57.7 Å². The van der Waals surface area contributed by atoms with Gasteiger partial charge in [0.05, 0.1) is 0 Å². The van der Waals surface area contributed by atoms with Crippen LogP contribution in [0.15, 0.2) is 11.6 Å². The number of carbonyl (C=O) groups excluding carboxylic acids is 3. The summed E-state index contributed by atoms with van der Waals surface area (Å²) in [6.07, 6.45) is 5.74. The van der Waals surface area contributed by atoms with E-state index in [4.69, 9.17) is 0 Å². The molecule has 3 radical (unpaired) electrons. The van der Waals surface area contributed by atoms with Crippen LogP contribution in [0.4, 0.5) is 4.79 Å². The van der Waals surface area contributed by atoms with Crippen molar-refractivity contribution in [1.82, 2.24) is 9.80 Å². The average Bonchev–Trinajstić information content (AvgIpc) is 2.44. The Balaban J connectivity index is 2.47. The first kappa shape index (κ1) is 14.3. The molecular weight excluding hydrogens is 305 g/mol. The second-order valence-electron chi connectivity index (χ2n) is 5.14. The zero-order chi connectivity index (χ0) is 14.2. The van der Waals surface area contributed by atoms with Crippen molar-refractivity contribution in [2.75, 3.05) is 12.4 Å². The second-order valence-corrected chi connectivity index (χ2v) is 5.80. The molecule has 19 heavy (non-hydrogen) atoms. The van der Waals surface area contributed by atoms with Crippen LogP contribution in [0.3, 0.4) is 0 Å². The van der Waals surface area contributed by atoms with Crippen LogP contribution in [0.1, 0.15) is 32.6 Å². The minimum atomic E-state index is -1.20. The Bertz CT molecular complexity index is 475. The molecule has 1 fully saturated rings. The van der Waals surface area contributed by atoms with Crippen LogP contribution >= 0.6 is 0 Å². The number of carbonyl (C=O) groups is 3. The van der Waals surface area contributed by atoms with E-state index < -0.39 is 17.4 Å². The first-order valence-electron chi connectivity index (χ1n) is 6.42. The summed E-state index contributed by atoms with van der Waals surface area (Å²) in [5.74, 6) is -0.781. The Hall–Kier alpha value is -1.11. The fraction of sp³-hybridized carbons (Fsp3) is 0.615. The SMILES string of the molecule is CN1C(=O)N([CH2][Ge])C(=O)C(C)(C2=CCCCC2)C1=O. The van der Waals surface area contributed by atoms with Crippen LogP contribution in [0.5, 0.6) is 0 Å². The van der Waals surface area contributed by atoms with Crippen molar-refractivity contribution in [2.24, 2.45) is 5.41 Å². The summed E-state index contributed by atoms with van der Waals surface area (Å²) in [7, 11) is 1.45. The van der Waals surface area contributed by atoms with E-state index in [-0.39, 0.29) is 11.3 Å². The predicted molar refractivity (Wildman–Crippen MR) is 70.3 cm³/mol. The molecule has 1 unspecified atom stereocenters.